The summed E-state index contributed by atoms with van der Waals surface area (Å²) in [5, 5.41) is 11.9. The number of carboxylic acids is 1. The molecule has 1 amide bonds. The molecule has 1 aromatic carbocycles. The standard InChI is InChI=1S/C13H17BrN2O3/c1-3-6-15-12(17)8-16(2)11-5-4-9(14)7-10(11)13(18)19/h4-5,7H,3,6,8H2,1-2H3,(H,15,17)(H,18,19). The smallest absolute Gasteiger partial charge is 0.337 e. The third-order valence-corrected chi connectivity index (χ3v) is 3.05. The maximum atomic E-state index is 11.6. The number of halogens is 1. The van der Waals surface area contributed by atoms with Gasteiger partial charge in [-0.1, -0.05) is 22.9 Å². The Bertz CT molecular complexity index is 477. The topological polar surface area (TPSA) is 69.6 Å². The summed E-state index contributed by atoms with van der Waals surface area (Å²) in [5.74, 6) is -1.14. The van der Waals surface area contributed by atoms with Gasteiger partial charge in [-0.25, -0.2) is 4.79 Å². The molecule has 0 spiro atoms. The zero-order valence-corrected chi connectivity index (χ0v) is 12.5. The van der Waals surface area contributed by atoms with Crippen LogP contribution in [0.25, 0.3) is 0 Å². The van der Waals surface area contributed by atoms with Gasteiger partial charge in [-0.05, 0) is 24.6 Å². The number of nitrogens with zero attached hydrogens (tertiary/aromatic N) is 1. The van der Waals surface area contributed by atoms with Crippen molar-refractivity contribution in [2.45, 2.75) is 13.3 Å². The molecule has 0 aliphatic rings. The molecule has 0 unspecified atom stereocenters. The number of benzene rings is 1. The summed E-state index contributed by atoms with van der Waals surface area (Å²) in [6, 6.07) is 4.96. The summed E-state index contributed by atoms with van der Waals surface area (Å²) in [4.78, 5) is 24.4. The van der Waals surface area contributed by atoms with Gasteiger partial charge in [0.15, 0.2) is 0 Å². The van der Waals surface area contributed by atoms with E-state index in [1.54, 1.807) is 24.1 Å². The zero-order valence-electron chi connectivity index (χ0n) is 10.9. The highest BCUT2D eigenvalue weighted by molar-refractivity contribution is 9.10. The lowest BCUT2D eigenvalue weighted by atomic mass is 10.1. The van der Waals surface area contributed by atoms with Gasteiger partial charge in [0.1, 0.15) is 0 Å². The second-order valence-electron chi connectivity index (χ2n) is 4.17. The molecule has 0 saturated heterocycles. The van der Waals surface area contributed by atoms with Crippen molar-refractivity contribution in [3.63, 3.8) is 0 Å². The summed E-state index contributed by atoms with van der Waals surface area (Å²) < 4.78 is 0.692. The van der Waals surface area contributed by atoms with Gasteiger partial charge in [0.05, 0.1) is 17.8 Å². The maximum Gasteiger partial charge on any atom is 0.337 e. The SMILES string of the molecule is CCCNC(=O)CN(C)c1ccc(Br)cc1C(=O)O. The molecule has 1 rings (SSSR count). The van der Waals surface area contributed by atoms with Gasteiger partial charge in [0, 0.05) is 18.1 Å². The number of rotatable bonds is 6. The summed E-state index contributed by atoms with van der Waals surface area (Å²) in [6.45, 7) is 2.72. The van der Waals surface area contributed by atoms with Crippen LogP contribution >= 0.6 is 15.9 Å². The lowest BCUT2D eigenvalue weighted by molar-refractivity contribution is -0.119. The Morgan fingerprint density at radius 1 is 1.42 bits per heavy atom. The van der Waals surface area contributed by atoms with Gasteiger partial charge in [-0.2, -0.15) is 0 Å². The van der Waals surface area contributed by atoms with Gasteiger partial charge >= 0.3 is 5.97 Å². The van der Waals surface area contributed by atoms with E-state index in [2.05, 4.69) is 21.2 Å². The minimum Gasteiger partial charge on any atom is -0.478 e. The monoisotopic (exact) mass is 328 g/mol. The number of anilines is 1. The summed E-state index contributed by atoms with van der Waals surface area (Å²) in [7, 11) is 1.70. The van der Waals surface area contributed by atoms with Crippen molar-refractivity contribution in [2.75, 3.05) is 25.0 Å². The maximum absolute atomic E-state index is 11.6. The van der Waals surface area contributed by atoms with Crippen LogP contribution in [0, 0.1) is 0 Å². The fourth-order valence-electron chi connectivity index (χ4n) is 1.63. The summed E-state index contributed by atoms with van der Waals surface area (Å²) >= 11 is 3.24. The van der Waals surface area contributed by atoms with Crippen LogP contribution in [-0.2, 0) is 4.79 Å². The molecule has 104 valence electrons. The van der Waals surface area contributed by atoms with Gasteiger partial charge in [0.25, 0.3) is 0 Å². The van der Waals surface area contributed by atoms with Crippen molar-refractivity contribution < 1.29 is 14.7 Å². The normalized spacial score (nSPS) is 10.1. The van der Waals surface area contributed by atoms with Crippen molar-refractivity contribution in [1.29, 1.82) is 0 Å². The number of carboxylic acid groups (broad SMARTS) is 1. The first-order valence-corrected chi connectivity index (χ1v) is 6.75. The molecule has 0 aromatic heterocycles. The first kappa shape index (κ1) is 15.5. The van der Waals surface area contributed by atoms with Crippen molar-refractivity contribution in [3.05, 3.63) is 28.2 Å². The fourth-order valence-corrected chi connectivity index (χ4v) is 1.99. The second kappa shape index (κ2) is 7.13. The lowest BCUT2D eigenvalue weighted by Gasteiger charge is -2.20. The average molecular weight is 329 g/mol. The molecule has 0 fully saturated rings. The Hall–Kier alpha value is -1.56. The average Bonchev–Trinajstić information content (AvgIpc) is 2.35. The highest BCUT2D eigenvalue weighted by Gasteiger charge is 2.15. The molecule has 5 nitrogen and oxygen atoms in total. The molecule has 0 aliphatic carbocycles. The highest BCUT2D eigenvalue weighted by atomic mass is 79.9. The quantitative estimate of drug-likeness (QED) is 0.839. The highest BCUT2D eigenvalue weighted by Crippen LogP contribution is 2.23. The number of hydrogen-bond acceptors (Lipinski definition) is 3. The van der Waals surface area contributed by atoms with Crippen LogP contribution in [0.3, 0.4) is 0 Å². The van der Waals surface area contributed by atoms with E-state index in [0.29, 0.717) is 16.7 Å². The fraction of sp³-hybridized carbons (Fsp3) is 0.385. The van der Waals surface area contributed by atoms with Crippen molar-refractivity contribution >= 4 is 33.5 Å². The summed E-state index contributed by atoms with van der Waals surface area (Å²) in [5.41, 5.74) is 0.683. The molecule has 1 aromatic rings. The van der Waals surface area contributed by atoms with Gasteiger partial charge in [-0.15, -0.1) is 0 Å². The zero-order chi connectivity index (χ0) is 14.4. The number of aromatic carboxylic acids is 1. The number of carbonyl (C=O) groups is 2. The Morgan fingerprint density at radius 3 is 2.68 bits per heavy atom. The minimum absolute atomic E-state index is 0.122. The number of amides is 1. The van der Waals surface area contributed by atoms with E-state index in [1.807, 2.05) is 6.92 Å². The van der Waals surface area contributed by atoms with E-state index >= 15 is 0 Å². The van der Waals surface area contributed by atoms with Crippen LogP contribution in [-0.4, -0.2) is 37.1 Å². The Balaban J connectivity index is 2.84. The number of likely N-dealkylation sites (N-methyl/N-ethyl adjacent to an activating group) is 1. The van der Waals surface area contributed by atoms with Gasteiger partial charge in [0.2, 0.25) is 5.91 Å². The van der Waals surface area contributed by atoms with Crippen LogP contribution in [0.5, 0.6) is 0 Å². The predicted molar refractivity (Wildman–Crippen MR) is 77.7 cm³/mol. The van der Waals surface area contributed by atoms with E-state index < -0.39 is 5.97 Å². The molecule has 0 atom stereocenters. The van der Waals surface area contributed by atoms with E-state index in [-0.39, 0.29) is 18.0 Å². The first-order valence-electron chi connectivity index (χ1n) is 5.96. The predicted octanol–water partition coefficient (Wildman–Crippen LogP) is 2.11. The molecule has 0 saturated carbocycles. The molecule has 0 radical (unpaired) electrons. The van der Waals surface area contributed by atoms with E-state index in [1.165, 1.54) is 6.07 Å². The summed E-state index contributed by atoms with van der Waals surface area (Å²) in [6.07, 6.45) is 0.869. The molecule has 19 heavy (non-hydrogen) atoms. The van der Waals surface area contributed by atoms with Crippen LogP contribution in [0.4, 0.5) is 5.69 Å². The molecule has 6 heteroatoms. The molecule has 0 heterocycles. The van der Waals surface area contributed by atoms with Gasteiger partial charge < -0.3 is 15.3 Å². The van der Waals surface area contributed by atoms with E-state index in [0.717, 1.165) is 6.42 Å². The minimum atomic E-state index is -1.02. The molecular weight excluding hydrogens is 312 g/mol. The van der Waals surface area contributed by atoms with Crippen LogP contribution in [0.1, 0.15) is 23.7 Å². The Morgan fingerprint density at radius 2 is 2.11 bits per heavy atom. The van der Waals surface area contributed by atoms with E-state index in [4.69, 9.17) is 5.11 Å². The third kappa shape index (κ3) is 4.55. The van der Waals surface area contributed by atoms with Crippen molar-refractivity contribution in [1.82, 2.24) is 5.32 Å². The Kier molecular flexibility index (Phi) is 5.82. The molecule has 2 N–H and O–H groups in total. The van der Waals surface area contributed by atoms with E-state index in [9.17, 15) is 9.59 Å². The Labute approximate surface area is 120 Å². The second-order valence-corrected chi connectivity index (χ2v) is 5.09. The van der Waals surface area contributed by atoms with Gasteiger partial charge in [-0.3, -0.25) is 4.79 Å². The molecule has 0 bridgehead atoms. The molecular formula is C13H17BrN2O3. The number of nitrogens with one attached hydrogen (secondary N) is 1. The third-order valence-electron chi connectivity index (χ3n) is 2.55. The van der Waals surface area contributed by atoms with Crippen molar-refractivity contribution in [2.24, 2.45) is 0 Å². The van der Waals surface area contributed by atoms with Crippen LogP contribution in [0.15, 0.2) is 22.7 Å². The lowest BCUT2D eigenvalue weighted by Crippen LogP contribution is -2.36. The number of carbonyl (C=O) groups excluding carboxylic acids is 1. The van der Waals surface area contributed by atoms with Crippen molar-refractivity contribution in [3.8, 4) is 0 Å². The molecule has 0 aliphatic heterocycles. The first-order chi connectivity index (χ1) is 8.95. The van der Waals surface area contributed by atoms with Crippen LogP contribution < -0.4 is 10.2 Å². The van der Waals surface area contributed by atoms with Crippen LogP contribution in [0.2, 0.25) is 0 Å². The number of hydrogen-bond donors (Lipinski definition) is 2. The largest absolute Gasteiger partial charge is 0.478 e.